The summed E-state index contributed by atoms with van der Waals surface area (Å²) < 4.78 is 11.5. The Morgan fingerprint density at radius 1 is 0.941 bits per heavy atom. The molecule has 12 heteroatoms. The number of hydrogen-bond donors (Lipinski definition) is 3. The number of ether oxygens (including phenoxy) is 2. The third-order valence-electron chi connectivity index (χ3n) is 9.15. The van der Waals surface area contributed by atoms with E-state index in [0.717, 1.165) is 92.3 Å². The number of β-amino-alcohol motifs (C(OH)–C–C–N with tert-alkyl or cyclic N) is 1. The Bertz CT molecular complexity index is 1320. The lowest BCUT2D eigenvalue weighted by Gasteiger charge is -2.35. The van der Waals surface area contributed by atoms with Crippen LogP contribution in [0.4, 0.5) is 0 Å². The molecule has 0 bridgehead atoms. The minimum atomic E-state index is -0.830. The maximum Gasteiger partial charge on any atom is 0.246 e. The molecule has 1 aliphatic rings. The summed E-state index contributed by atoms with van der Waals surface area (Å²) in [5.74, 6) is -0.126. The number of carbonyl (C=O) groups excluding carboxylic acids is 3. The molecule has 1 aromatic heterocycles. The number of carbonyl (C=O) groups is 3. The molecule has 1 aromatic carbocycles. The SMILES string of the molecule is Cc1ncsc1-c1ccc(CNC(=O)C2CC(O)CN2C(=O)C(NC(=O)CCCCCOCCCCCOCCCCCCCl)C(C)(C)C)cc1. The van der Waals surface area contributed by atoms with Gasteiger partial charge >= 0.3 is 0 Å². The van der Waals surface area contributed by atoms with Gasteiger partial charge < -0.3 is 30.1 Å². The highest BCUT2D eigenvalue weighted by Crippen LogP contribution is 2.28. The first kappa shape index (κ1) is 42.8. The van der Waals surface area contributed by atoms with Crippen LogP contribution in [0.1, 0.15) is 109 Å². The number of amides is 3. The van der Waals surface area contributed by atoms with Crippen LogP contribution >= 0.6 is 22.9 Å². The van der Waals surface area contributed by atoms with E-state index in [1.54, 1.807) is 11.3 Å². The van der Waals surface area contributed by atoms with Gasteiger partial charge in [0.05, 0.1) is 22.2 Å². The number of nitrogens with zero attached hydrogens (tertiary/aromatic N) is 2. The number of unbranched alkanes of at least 4 members (excludes halogenated alkanes) is 7. The zero-order chi connectivity index (χ0) is 37.1. The summed E-state index contributed by atoms with van der Waals surface area (Å²) in [5, 5.41) is 16.4. The van der Waals surface area contributed by atoms with E-state index in [-0.39, 0.29) is 30.7 Å². The maximum atomic E-state index is 13.9. The molecule has 3 atom stereocenters. The number of hydrogen-bond acceptors (Lipinski definition) is 8. The van der Waals surface area contributed by atoms with Crippen molar-refractivity contribution < 1.29 is 29.0 Å². The Morgan fingerprint density at radius 2 is 1.53 bits per heavy atom. The number of rotatable bonds is 24. The smallest absolute Gasteiger partial charge is 0.246 e. The maximum absolute atomic E-state index is 13.9. The number of alkyl halides is 1. The number of halogens is 1. The molecule has 1 fully saturated rings. The third-order valence-corrected chi connectivity index (χ3v) is 10.4. The molecule has 3 N–H and O–H groups in total. The molecule has 51 heavy (non-hydrogen) atoms. The molecule has 2 aromatic rings. The van der Waals surface area contributed by atoms with Crippen molar-refractivity contribution in [2.75, 3.05) is 38.9 Å². The number of benzene rings is 1. The van der Waals surface area contributed by atoms with Crippen molar-refractivity contribution in [3.63, 3.8) is 0 Å². The fraction of sp³-hybridized carbons (Fsp3) is 0.692. The van der Waals surface area contributed by atoms with Crippen molar-refractivity contribution in [2.45, 2.75) is 129 Å². The Kier molecular flexibility index (Phi) is 19.5. The highest BCUT2D eigenvalue weighted by molar-refractivity contribution is 7.13. The summed E-state index contributed by atoms with van der Waals surface area (Å²) in [6.45, 7) is 11.0. The first-order valence-electron chi connectivity index (χ1n) is 18.8. The third kappa shape index (κ3) is 15.5. The van der Waals surface area contributed by atoms with Gasteiger partial charge in [-0.3, -0.25) is 14.4 Å². The second-order valence-corrected chi connectivity index (χ2v) is 15.9. The predicted molar refractivity (Wildman–Crippen MR) is 205 cm³/mol. The van der Waals surface area contributed by atoms with E-state index in [1.165, 1.54) is 17.7 Å². The lowest BCUT2D eigenvalue weighted by atomic mass is 9.85. The molecule has 10 nitrogen and oxygen atoms in total. The lowest BCUT2D eigenvalue weighted by Crippen LogP contribution is -2.57. The highest BCUT2D eigenvalue weighted by Gasteiger charge is 2.44. The average Bonchev–Trinajstić information content (AvgIpc) is 3.72. The Balaban J connectivity index is 1.34. The van der Waals surface area contributed by atoms with Gasteiger partial charge in [0.25, 0.3) is 0 Å². The Morgan fingerprint density at radius 3 is 2.10 bits per heavy atom. The van der Waals surface area contributed by atoms with Gasteiger partial charge in [-0.05, 0) is 68.4 Å². The van der Waals surface area contributed by atoms with Gasteiger partial charge in [-0.1, -0.05) is 64.3 Å². The fourth-order valence-electron chi connectivity index (χ4n) is 6.12. The van der Waals surface area contributed by atoms with Gasteiger partial charge in [0.2, 0.25) is 17.7 Å². The molecule has 1 saturated heterocycles. The largest absolute Gasteiger partial charge is 0.391 e. The van der Waals surface area contributed by atoms with Crippen molar-refractivity contribution in [3.8, 4) is 10.4 Å². The molecule has 2 heterocycles. The second kappa shape index (κ2) is 23.2. The summed E-state index contributed by atoms with van der Waals surface area (Å²) in [5.41, 5.74) is 4.21. The lowest BCUT2D eigenvalue weighted by molar-refractivity contribution is -0.144. The highest BCUT2D eigenvalue weighted by atomic mass is 35.5. The molecule has 286 valence electrons. The standard InChI is InChI=1S/C39H61ClN4O6S/c1-29-35(51-28-42-29)31-18-16-30(17-19-31)26-41-37(47)33-25-32(45)27-44(33)38(48)36(39(2,3)4)43-34(46)15-9-7-12-22-50-24-14-8-13-23-49-21-11-6-5-10-20-40/h16-19,28,32-33,36,45H,5-15,20-27H2,1-4H3,(H,41,47)(H,43,46). The van der Waals surface area contributed by atoms with Crippen LogP contribution in [0.15, 0.2) is 29.8 Å². The van der Waals surface area contributed by atoms with E-state index in [4.69, 9.17) is 21.1 Å². The number of nitrogens with one attached hydrogen (secondary N) is 2. The van der Waals surface area contributed by atoms with Gasteiger partial charge in [0.1, 0.15) is 12.1 Å². The van der Waals surface area contributed by atoms with Crippen LogP contribution in [0.5, 0.6) is 0 Å². The molecular formula is C39H61ClN4O6S. The van der Waals surface area contributed by atoms with Crippen LogP contribution < -0.4 is 10.6 Å². The number of likely N-dealkylation sites (tertiary alicyclic amines) is 1. The molecule has 3 unspecified atom stereocenters. The summed E-state index contributed by atoms with van der Waals surface area (Å²) in [6.07, 6.45) is 9.77. The van der Waals surface area contributed by atoms with Crippen LogP contribution in [-0.4, -0.2) is 89.8 Å². The molecule has 3 rings (SSSR count). The molecule has 0 radical (unpaired) electrons. The average molecular weight is 749 g/mol. The Labute approximate surface area is 314 Å². The molecule has 3 amide bonds. The minimum Gasteiger partial charge on any atom is -0.391 e. The van der Waals surface area contributed by atoms with E-state index in [9.17, 15) is 19.5 Å². The predicted octanol–water partition coefficient (Wildman–Crippen LogP) is 6.79. The molecule has 0 aliphatic carbocycles. The molecule has 1 aliphatic heterocycles. The van der Waals surface area contributed by atoms with Crippen molar-refractivity contribution in [1.29, 1.82) is 0 Å². The van der Waals surface area contributed by atoms with Gasteiger partial charge in [-0.25, -0.2) is 4.98 Å². The van der Waals surface area contributed by atoms with Crippen molar-refractivity contribution in [2.24, 2.45) is 5.41 Å². The van der Waals surface area contributed by atoms with Crippen molar-refractivity contribution in [1.82, 2.24) is 20.5 Å². The summed E-state index contributed by atoms with van der Waals surface area (Å²) >= 11 is 7.28. The van der Waals surface area contributed by atoms with Gasteiger partial charge in [0.15, 0.2) is 0 Å². The zero-order valence-electron chi connectivity index (χ0n) is 31.2. The van der Waals surface area contributed by atoms with E-state index < -0.39 is 23.6 Å². The normalized spacial score (nSPS) is 16.7. The van der Waals surface area contributed by atoms with Gasteiger partial charge in [-0.2, -0.15) is 0 Å². The van der Waals surface area contributed by atoms with E-state index in [1.807, 2.05) is 57.5 Å². The number of aromatic nitrogens is 1. The first-order valence-corrected chi connectivity index (χ1v) is 20.2. The zero-order valence-corrected chi connectivity index (χ0v) is 32.8. The van der Waals surface area contributed by atoms with Crippen molar-refractivity contribution in [3.05, 3.63) is 41.0 Å². The monoisotopic (exact) mass is 748 g/mol. The molecule has 0 spiro atoms. The quantitative estimate of drug-likeness (QED) is 0.0797. The fourth-order valence-corrected chi connectivity index (χ4v) is 7.12. The van der Waals surface area contributed by atoms with Gasteiger partial charge in [0, 0.05) is 58.2 Å². The topological polar surface area (TPSA) is 130 Å². The van der Waals surface area contributed by atoms with Crippen molar-refractivity contribution >= 4 is 40.7 Å². The van der Waals surface area contributed by atoms with Crippen LogP contribution in [0, 0.1) is 12.3 Å². The second-order valence-electron chi connectivity index (χ2n) is 14.6. The Hall–Kier alpha value is -2.57. The summed E-state index contributed by atoms with van der Waals surface area (Å²) in [7, 11) is 0. The number of aliphatic hydroxyl groups excluding tert-OH is 1. The number of thiazole rings is 1. The van der Waals surface area contributed by atoms with E-state index in [0.29, 0.717) is 26.0 Å². The summed E-state index contributed by atoms with van der Waals surface area (Å²) in [6, 6.07) is 6.30. The van der Waals surface area contributed by atoms with E-state index in [2.05, 4.69) is 15.6 Å². The molecular weight excluding hydrogens is 688 g/mol. The van der Waals surface area contributed by atoms with Crippen LogP contribution in [0.25, 0.3) is 10.4 Å². The first-order chi connectivity index (χ1) is 24.5. The number of aryl methyl sites for hydroxylation is 1. The van der Waals surface area contributed by atoms with E-state index >= 15 is 0 Å². The number of aliphatic hydroxyl groups is 1. The van der Waals surface area contributed by atoms with Crippen LogP contribution in [0.2, 0.25) is 0 Å². The minimum absolute atomic E-state index is 0.0475. The summed E-state index contributed by atoms with van der Waals surface area (Å²) in [4.78, 5) is 47.0. The van der Waals surface area contributed by atoms with Gasteiger partial charge in [-0.15, -0.1) is 22.9 Å². The van der Waals surface area contributed by atoms with Crippen LogP contribution in [0.3, 0.4) is 0 Å². The van der Waals surface area contributed by atoms with Crippen LogP contribution in [-0.2, 0) is 30.4 Å². The molecule has 0 saturated carbocycles.